The van der Waals surface area contributed by atoms with Crippen molar-refractivity contribution in [3.63, 3.8) is 0 Å². The van der Waals surface area contributed by atoms with E-state index in [1.807, 2.05) is 27.8 Å². The van der Waals surface area contributed by atoms with Crippen LogP contribution in [0.2, 0.25) is 0 Å². The maximum atomic E-state index is 10.0. The SMILES string of the molecule is CNCC(C)C(C)(O)C(C)OC. The highest BCUT2D eigenvalue weighted by Gasteiger charge is 2.34. The average molecular weight is 175 g/mol. The lowest BCUT2D eigenvalue weighted by Crippen LogP contribution is -2.47. The Bertz CT molecular complexity index is 126. The van der Waals surface area contributed by atoms with E-state index in [1.165, 1.54) is 0 Å². The first-order chi connectivity index (χ1) is 5.46. The van der Waals surface area contributed by atoms with Gasteiger partial charge in [0, 0.05) is 13.7 Å². The van der Waals surface area contributed by atoms with Crippen molar-refractivity contribution in [3.8, 4) is 0 Å². The first-order valence-corrected chi connectivity index (χ1v) is 4.36. The van der Waals surface area contributed by atoms with Gasteiger partial charge in [-0.2, -0.15) is 0 Å². The maximum absolute atomic E-state index is 10.0. The molecule has 3 nitrogen and oxygen atoms in total. The Hall–Kier alpha value is -0.120. The van der Waals surface area contributed by atoms with Crippen LogP contribution in [-0.4, -0.2) is 37.5 Å². The second kappa shape index (κ2) is 4.80. The molecule has 3 atom stereocenters. The molecule has 2 N–H and O–H groups in total. The van der Waals surface area contributed by atoms with Gasteiger partial charge < -0.3 is 15.2 Å². The van der Waals surface area contributed by atoms with E-state index < -0.39 is 5.60 Å². The summed E-state index contributed by atoms with van der Waals surface area (Å²) >= 11 is 0. The van der Waals surface area contributed by atoms with Gasteiger partial charge in [0.15, 0.2) is 0 Å². The lowest BCUT2D eigenvalue weighted by atomic mass is 9.86. The summed E-state index contributed by atoms with van der Waals surface area (Å²) in [6.07, 6.45) is -0.138. The normalized spacial score (nSPS) is 21.5. The first kappa shape index (κ1) is 11.9. The zero-order valence-electron chi connectivity index (χ0n) is 8.72. The number of hydrogen-bond donors (Lipinski definition) is 2. The van der Waals surface area contributed by atoms with Gasteiger partial charge in [0.05, 0.1) is 11.7 Å². The summed E-state index contributed by atoms with van der Waals surface area (Å²) in [5.41, 5.74) is -0.766. The molecule has 0 rings (SSSR count). The average Bonchev–Trinajstić information content (AvgIpc) is 2.03. The number of nitrogens with one attached hydrogen (secondary N) is 1. The van der Waals surface area contributed by atoms with Crippen molar-refractivity contribution in [2.24, 2.45) is 5.92 Å². The van der Waals surface area contributed by atoms with Gasteiger partial charge in [0.2, 0.25) is 0 Å². The Morgan fingerprint density at radius 2 is 2.00 bits per heavy atom. The van der Waals surface area contributed by atoms with Crippen LogP contribution in [0.1, 0.15) is 20.8 Å². The Kier molecular flexibility index (Phi) is 4.75. The second-order valence-corrected chi connectivity index (χ2v) is 3.56. The van der Waals surface area contributed by atoms with Crippen molar-refractivity contribution in [1.29, 1.82) is 0 Å². The number of ether oxygens (including phenoxy) is 1. The van der Waals surface area contributed by atoms with Crippen LogP contribution in [-0.2, 0) is 4.74 Å². The van der Waals surface area contributed by atoms with Crippen LogP contribution in [0, 0.1) is 5.92 Å². The highest BCUT2D eigenvalue weighted by Crippen LogP contribution is 2.22. The lowest BCUT2D eigenvalue weighted by Gasteiger charge is -2.34. The fraction of sp³-hybridized carbons (Fsp3) is 1.00. The zero-order valence-corrected chi connectivity index (χ0v) is 8.72. The summed E-state index contributed by atoms with van der Waals surface area (Å²) in [4.78, 5) is 0. The Labute approximate surface area is 75.1 Å². The molecule has 0 aliphatic heterocycles. The van der Waals surface area contributed by atoms with Crippen molar-refractivity contribution in [2.75, 3.05) is 20.7 Å². The third-order valence-corrected chi connectivity index (χ3v) is 2.68. The van der Waals surface area contributed by atoms with E-state index in [-0.39, 0.29) is 12.0 Å². The van der Waals surface area contributed by atoms with E-state index >= 15 is 0 Å². The summed E-state index contributed by atoms with van der Waals surface area (Å²) < 4.78 is 5.10. The molecule has 0 saturated carbocycles. The minimum atomic E-state index is -0.766. The summed E-state index contributed by atoms with van der Waals surface area (Å²) in [5, 5.41) is 13.1. The molecule has 0 bridgehead atoms. The molecule has 12 heavy (non-hydrogen) atoms. The summed E-state index contributed by atoms with van der Waals surface area (Å²) in [6, 6.07) is 0. The van der Waals surface area contributed by atoms with Crippen molar-refractivity contribution in [1.82, 2.24) is 5.32 Å². The van der Waals surface area contributed by atoms with Crippen molar-refractivity contribution in [3.05, 3.63) is 0 Å². The van der Waals surface area contributed by atoms with Crippen molar-refractivity contribution >= 4 is 0 Å². The van der Waals surface area contributed by atoms with E-state index in [1.54, 1.807) is 7.11 Å². The number of aliphatic hydroxyl groups is 1. The maximum Gasteiger partial charge on any atom is 0.0914 e. The monoisotopic (exact) mass is 175 g/mol. The van der Waals surface area contributed by atoms with Crippen LogP contribution in [0.15, 0.2) is 0 Å². The molecule has 0 heterocycles. The molecule has 0 spiro atoms. The molecule has 3 heteroatoms. The van der Waals surface area contributed by atoms with E-state index in [2.05, 4.69) is 5.32 Å². The van der Waals surface area contributed by atoms with Crippen LogP contribution >= 0.6 is 0 Å². The molecule has 0 aromatic carbocycles. The molecule has 0 aromatic heterocycles. The lowest BCUT2D eigenvalue weighted by molar-refractivity contribution is -0.103. The largest absolute Gasteiger partial charge is 0.387 e. The minimum Gasteiger partial charge on any atom is -0.387 e. The van der Waals surface area contributed by atoms with Crippen molar-refractivity contribution < 1.29 is 9.84 Å². The topological polar surface area (TPSA) is 41.5 Å². The fourth-order valence-electron chi connectivity index (χ4n) is 1.15. The van der Waals surface area contributed by atoms with Crippen LogP contribution in [0.5, 0.6) is 0 Å². The number of hydrogen-bond acceptors (Lipinski definition) is 3. The molecule has 0 amide bonds. The van der Waals surface area contributed by atoms with Gasteiger partial charge >= 0.3 is 0 Å². The molecular formula is C9H21NO2. The second-order valence-electron chi connectivity index (χ2n) is 3.56. The van der Waals surface area contributed by atoms with Gasteiger partial charge in [-0.05, 0) is 26.8 Å². The van der Waals surface area contributed by atoms with Gasteiger partial charge in [0.25, 0.3) is 0 Å². The highest BCUT2D eigenvalue weighted by atomic mass is 16.5. The van der Waals surface area contributed by atoms with Gasteiger partial charge in [-0.3, -0.25) is 0 Å². The Balaban J connectivity index is 4.16. The first-order valence-electron chi connectivity index (χ1n) is 4.36. The third-order valence-electron chi connectivity index (χ3n) is 2.68. The van der Waals surface area contributed by atoms with Gasteiger partial charge in [-0.25, -0.2) is 0 Å². The number of rotatable bonds is 5. The molecule has 0 aliphatic carbocycles. The summed E-state index contributed by atoms with van der Waals surface area (Å²) in [5.74, 6) is 0.178. The highest BCUT2D eigenvalue weighted by molar-refractivity contribution is 4.85. The van der Waals surface area contributed by atoms with E-state index in [4.69, 9.17) is 4.74 Å². The predicted octanol–water partition coefficient (Wildman–Crippen LogP) is 0.628. The molecule has 0 saturated heterocycles. The molecule has 74 valence electrons. The minimum absolute atomic E-state index is 0.138. The van der Waals surface area contributed by atoms with Crippen LogP contribution in [0.3, 0.4) is 0 Å². The zero-order chi connectivity index (χ0) is 9.78. The van der Waals surface area contributed by atoms with E-state index in [0.717, 1.165) is 6.54 Å². The quantitative estimate of drug-likeness (QED) is 0.644. The molecular weight excluding hydrogens is 154 g/mol. The fourth-order valence-corrected chi connectivity index (χ4v) is 1.15. The van der Waals surface area contributed by atoms with Gasteiger partial charge in [-0.1, -0.05) is 6.92 Å². The van der Waals surface area contributed by atoms with Gasteiger partial charge in [-0.15, -0.1) is 0 Å². The van der Waals surface area contributed by atoms with Gasteiger partial charge in [0.1, 0.15) is 0 Å². The Morgan fingerprint density at radius 1 is 1.50 bits per heavy atom. The standard InChI is InChI=1S/C9H21NO2/c1-7(6-10-4)9(3,11)8(2)12-5/h7-8,10-11H,6H2,1-5H3. The van der Waals surface area contributed by atoms with Crippen LogP contribution in [0.4, 0.5) is 0 Å². The van der Waals surface area contributed by atoms with Crippen LogP contribution < -0.4 is 5.32 Å². The third kappa shape index (κ3) is 2.73. The molecule has 0 fully saturated rings. The molecule has 0 radical (unpaired) electrons. The molecule has 3 unspecified atom stereocenters. The van der Waals surface area contributed by atoms with Crippen molar-refractivity contribution in [2.45, 2.75) is 32.5 Å². The van der Waals surface area contributed by atoms with E-state index in [9.17, 15) is 5.11 Å². The molecule has 0 aliphatic rings. The smallest absolute Gasteiger partial charge is 0.0914 e. The Morgan fingerprint density at radius 3 is 2.33 bits per heavy atom. The van der Waals surface area contributed by atoms with Crippen LogP contribution in [0.25, 0.3) is 0 Å². The predicted molar refractivity (Wildman–Crippen MR) is 50.2 cm³/mol. The number of methoxy groups -OCH3 is 1. The molecule has 0 aromatic rings. The summed E-state index contributed by atoms with van der Waals surface area (Å²) in [7, 11) is 3.50. The van der Waals surface area contributed by atoms with E-state index in [0.29, 0.717) is 0 Å². The summed E-state index contributed by atoms with van der Waals surface area (Å²) in [6.45, 7) is 6.49.